The smallest absolute Gasteiger partial charge is 0.0753 e. The monoisotopic (exact) mass is 568 g/mol. The van der Waals surface area contributed by atoms with Crippen LogP contribution in [0.1, 0.15) is 94.9 Å². The molecule has 2 unspecified atom stereocenters. The molecule has 0 fully saturated rings. The fraction of sp³-hybridized carbons (Fsp3) is 0.450. The predicted molar refractivity (Wildman–Crippen MR) is 184 cm³/mol. The first-order valence-corrected chi connectivity index (χ1v) is 15.5. The van der Waals surface area contributed by atoms with Crippen molar-refractivity contribution in [2.75, 3.05) is 0 Å². The van der Waals surface area contributed by atoms with Gasteiger partial charge in [-0.1, -0.05) is 135 Å². The maximum atomic E-state index is 10.3. The number of hydrogen-bond acceptors (Lipinski definition) is 2. The van der Waals surface area contributed by atoms with Gasteiger partial charge < -0.3 is 10.2 Å². The van der Waals surface area contributed by atoms with Gasteiger partial charge in [-0.25, -0.2) is 0 Å². The summed E-state index contributed by atoms with van der Waals surface area (Å²) >= 11 is 0. The summed E-state index contributed by atoms with van der Waals surface area (Å²) in [6, 6.07) is 0. The Morgan fingerprint density at radius 1 is 0.548 bits per heavy atom. The van der Waals surface area contributed by atoms with E-state index in [9.17, 15) is 10.2 Å². The van der Waals surface area contributed by atoms with E-state index in [-0.39, 0.29) is 23.0 Å². The molecule has 0 spiro atoms. The average molecular weight is 569 g/mol. The van der Waals surface area contributed by atoms with Crippen LogP contribution in [0.3, 0.4) is 0 Å². The SMILES string of the molecule is CC(C=CC=C(C)C=CC1=C(C)C(O)CCC1(C)C)=CC=CC=C(C)C=CC=C(C)C=CC1=C(C)C(O)CCC1(C)C. The number of aliphatic hydroxyl groups is 2. The van der Waals surface area contributed by atoms with Crippen LogP contribution in [0.15, 0.2) is 130 Å². The molecule has 2 N–H and O–H groups in total. The van der Waals surface area contributed by atoms with Crippen molar-refractivity contribution in [3.63, 3.8) is 0 Å². The van der Waals surface area contributed by atoms with E-state index < -0.39 is 0 Å². The van der Waals surface area contributed by atoms with Gasteiger partial charge in [0, 0.05) is 0 Å². The van der Waals surface area contributed by atoms with E-state index in [1.165, 1.54) is 33.4 Å². The van der Waals surface area contributed by atoms with E-state index in [0.717, 1.165) is 36.8 Å². The molecular formula is C40H56O2. The zero-order valence-corrected chi connectivity index (χ0v) is 28.0. The maximum Gasteiger partial charge on any atom is 0.0753 e. The lowest BCUT2D eigenvalue weighted by Gasteiger charge is -2.35. The van der Waals surface area contributed by atoms with Crippen LogP contribution in [-0.2, 0) is 0 Å². The first-order valence-electron chi connectivity index (χ1n) is 15.5. The highest BCUT2D eigenvalue weighted by molar-refractivity contribution is 5.40. The Hall–Kier alpha value is -2.94. The predicted octanol–water partition coefficient (Wildman–Crippen LogP) is 10.5. The molecule has 228 valence electrons. The summed E-state index contributed by atoms with van der Waals surface area (Å²) in [5.41, 5.74) is 9.65. The minimum absolute atomic E-state index is 0.104. The highest BCUT2D eigenvalue weighted by atomic mass is 16.3. The maximum absolute atomic E-state index is 10.3. The van der Waals surface area contributed by atoms with Gasteiger partial charge in [-0.2, -0.15) is 0 Å². The Balaban J connectivity index is 1.92. The molecule has 0 bridgehead atoms. The molecule has 2 heteroatoms. The van der Waals surface area contributed by atoms with Gasteiger partial charge in [-0.15, -0.1) is 0 Å². The van der Waals surface area contributed by atoms with Gasteiger partial charge in [-0.05, 0) is 100 Å². The molecule has 42 heavy (non-hydrogen) atoms. The fourth-order valence-corrected chi connectivity index (χ4v) is 5.61. The molecule has 0 radical (unpaired) electrons. The van der Waals surface area contributed by atoms with Crippen molar-refractivity contribution < 1.29 is 10.2 Å². The largest absolute Gasteiger partial charge is 0.389 e. The van der Waals surface area contributed by atoms with Crippen LogP contribution in [0.4, 0.5) is 0 Å². The lowest BCUT2D eigenvalue weighted by molar-refractivity contribution is 0.163. The third-order valence-electron chi connectivity index (χ3n) is 8.68. The summed E-state index contributed by atoms with van der Waals surface area (Å²) in [5, 5.41) is 20.5. The minimum atomic E-state index is -0.315. The number of hydrogen-bond donors (Lipinski definition) is 2. The summed E-state index contributed by atoms with van der Waals surface area (Å²) in [4.78, 5) is 0. The van der Waals surface area contributed by atoms with Gasteiger partial charge >= 0.3 is 0 Å². The van der Waals surface area contributed by atoms with Gasteiger partial charge in [0.15, 0.2) is 0 Å². The van der Waals surface area contributed by atoms with Crippen molar-refractivity contribution in [2.45, 2.75) is 107 Å². The van der Waals surface area contributed by atoms with Crippen LogP contribution in [0, 0.1) is 10.8 Å². The molecule has 0 amide bonds. The number of allylic oxidation sites excluding steroid dienone is 20. The third-order valence-corrected chi connectivity index (χ3v) is 8.68. The van der Waals surface area contributed by atoms with Crippen LogP contribution in [-0.4, -0.2) is 22.4 Å². The molecule has 2 aliphatic carbocycles. The molecule has 0 aromatic heterocycles. The highest BCUT2D eigenvalue weighted by Crippen LogP contribution is 2.42. The van der Waals surface area contributed by atoms with E-state index in [2.05, 4.69) is 154 Å². The normalized spacial score (nSPS) is 25.0. The Bertz CT molecular complexity index is 1190. The van der Waals surface area contributed by atoms with E-state index in [0.29, 0.717) is 0 Å². The van der Waals surface area contributed by atoms with Crippen molar-refractivity contribution in [1.82, 2.24) is 0 Å². The van der Waals surface area contributed by atoms with E-state index >= 15 is 0 Å². The molecule has 0 heterocycles. The van der Waals surface area contributed by atoms with Crippen LogP contribution in [0.5, 0.6) is 0 Å². The van der Waals surface area contributed by atoms with E-state index in [1.807, 2.05) is 0 Å². The zero-order chi connectivity index (χ0) is 31.5. The topological polar surface area (TPSA) is 40.5 Å². The fourth-order valence-electron chi connectivity index (χ4n) is 5.61. The van der Waals surface area contributed by atoms with Crippen molar-refractivity contribution in [3.05, 3.63) is 130 Å². The van der Waals surface area contributed by atoms with E-state index in [4.69, 9.17) is 0 Å². The lowest BCUT2D eigenvalue weighted by Crippen LogP contribution is -2.27. The van der Waals surface area contributed by atoms with Gasteiger partial charge in [0.05, 0.1) is 12.2 Å². The summed E-state index contributed by atoms with van der Waals surface area (Å²) in [6.45, 7) is 21.6. The first-order chi connectivity index (χ1) is 19.6. The standard InChI is InChI=1S/C40H56O2/c1-29(17-13-19-31(3)21-23-35-33(5)37(41)25-27-39(35,7)8)15-11-12-16-30(2)18-14-20-32(4)22-24-36-34(6)38(42)26-28-40(36,9)10/h11-24,37-38,41-42H,25-28H2,1-10H3. The van der Waals surface area contributed by atoms with Crippen LogP contribution in [0.25, 0.3) is 0 Å². The van der Waals surface area contributed by atoms with Crippen LogP contribution in [0.2, 0.25) is 0 Å². The molecular weight excluding hydrogens is 512 g/mol. The molecule has 2 nitrogen and oxygen atoms in total. The molecule has 0 aliphatic heterocycles. The minimum Gasteiger partial charge on any atom is -0.389 e. The van der Waals surface area contributed by atoms with Crippen LogP contribution < -0.4 is 0 Å². The Morgan fingerprint density at radius 2 is 0.857 bits per heavy atom. The number of rotatable bonds is 10. The first kappa shape index (κ1) is 35.3. The summed E-state index contributed by atoms with van der Waals surface area (Å²) < 4.78 is 0. The average Bonchev–Trinajstić information content (AvgIpc) is 2.91. The quantitative estimate of drug-likeness (QED) is 0.257. The Morgan fingerprint density at radius 3 is 1.21 bits per heavy atom. The van der Waals surface area contributed by atoms with Gasteiger partial charge in [-0.3, -0.25) is 0 Å². The second kappa shape index (κ2) is 16.1. The van der Waals surface area contributed by atoms with Crippen molar-refractivity contribution in [3.8, 4) is 0 Å². The Labute approximate surface area is 257 Å². The molecule has 0 aromatic rings. The zero-order valence-electron chi connectivity index (χ0n) is 28.0. The second-order valence-corrected chi connectivity index (χ2v) is 13.5. The molecule has 2 atom stereocenters. The van der Waals surface area contributed by atoms with E-state index in [1.54, 1.807) is 0 Å². The lowest BCUT2D eigenvalue weighted by atomic mass is 9.71. The van der Waals surface area contributed by atoms with Crippen molar-refractivity contribution >= 4 is 0 Å². The third kappa shape index (κ3) is 11.0. The Kier molecular flexibility index (Phi) is 13.5. The van der Waals surface area contributed by atoms with Crippen molar-refractivity contribution in [2.24, 2.45) is 10.8 Å². The molecule has 2 aliphatic rings. The second-order valence-electron chi connectivity index (χ2n) is 13.5. The van der Waals surface area contributed by atoms with Gasteiger partial charge in [0.1, 0.15) is 0 Å². The van der Waals surface area contributed by atoms with Crippen LogP contribution >= 0.6 is 0 Å². The highest BCUT2D eigenvalue weighted by Gasteiger charge is 2.31. The summed E-state index contributed by atoms with van der Waals surface area (Å²) in [5.74, 6) is 0. The van der Waals surface area contributed by atoms with Gasteiger partial charge in [0.2, 0.25) is 0 Å². The molecule has 0 aromatic carbocycles. The number of aliphatic hydroxyl groups excluding tert-OH is 2. The molecule has 0 saturated carbocycles. The summed E-state index contributed by atoms with van der Waals surface area (Å²) in [7, 11) is 0. The summed E-state index contributed by atoms with van der Waals surface area (Å²) in [6.07, 6.45) is 32.8. The van der Waals surface area contributed by atoms with Crippen molar-refractivity contribution in [1.29, 1.82) is 0 Å². The molecule has 2 rings (SSSR count). The van der Waals surface area contributed by atoms with Gasteiger partial charge in [0.25, 0.3) is 0 Å². The molecule has 0 saturated heterocycles.